The fourth-order valence-corrected chi connectivity index (χ4v) is 2.23. The summed E-state index contributed by atoms with van der Waals surface area (Å²) in [6, 6.07) is 10.1. The Kier molecular flexibility index (Phi) is 5.63. The first kappa shape index (κ1) is 17.6. The van der Waals surface area contributed by atoms with Crippen molar-refractivity contribution in [1.82, 2.24) is 0 Å². The van der Waals surface area contributed by atoms with Gasteiger partial charge < -0.3 is 10.2 Å². The summed E-state index contributed by atoms with van der Waals surface area (Å²) in [6.07, 6.45) is 0.885. The smallest absolute Gasteiger partial charge is 0.244 e. The number of hydrogen-bond donors (Lipinski definition) is 1. The maximum Gasteiger partial charge on any atom is 0.244 e. The first-order valence-electron chi connectivity index (χ1n) is 7.52. The van der Waals surface area contributed by atoms with Crippen molar-refractivity contribution in [2.45, 2.75) is 20.3 Å². The molecule has 0 aliphatic carbocycles. The molecular weight excluding hydrogens is 314 g/mol. The van der Waals surface area contributed by atoms with Crippen molar-refractivity contribution in [3.05, 3.63) is 59.7 Å². The van der Waals surface area contributed by atoms with Crippen molar-refractivity contribution >= 4 is 23.2 Å². The van der Waals surface area contributed by atoms with Gasteiger partial charge in [0, 0.05) is 18.7 Å². The molecule has 2 rings (SSSR count). The molecule has 0 saturated carbocycles. The van der Waals surface area contributed by atoms with Gasteiger partial charge in [-0.15, -0.1) is 0 Å². The van der Waals surface area contributed by atoms with Crippen molar-refractivity contribution < 1.29 is 18.4 Å². The summed E-state index contributed by atoms with van der Waals surface area (Å²) in [4.78, 5) is 24.8. The van der Waals surface area contributed by atoms with E-state index in [2.05, 4.69) is 5.32 Å². The lowest BCUT2D eigenvalue weighted by Crippen LogP contribution is -2.37. The van der Waals surface area contributed by atoms with Crippen LogP contribution in [0, 0.1) is 11.6 Å². The number of anilines is 2. The Morgan fingerprint density at radius 3 is 2.29 bits per heavy atom. The van der Waals surface area contributed by atoms with E-state index in [1.54, 1.807) is 12.1 Å². The number of carbonyl (C=O) groups is 2. The molecule has 0 radical (unpaired) electrons. The molecule has 0 unspecified atom stereocenters. The number of aryl methyl sites for hydroxylation is 1. The van der Waals surface area contributed by atoms with Crippen LogP contribution in [0.15, 0.2) is 42.5 Å². The molecule has 0 spiro atoms. The largest absolute Gasteiger partial charge is 0.325 e. The zero-order valence-electron chi connectivity index (χ0n) is 13.5. The lowest BCUT2D eigenvalue weighted by molar-refractivity contribution is -0.120. The third-order valence-corrected chi connectivity index (χ3v) is 3.53. The number of rotatable bonds is 5. The second-order valence-corrected chi connectivity index (χ2v) is 5.30. The number of hydrogen-bond acceptors (Lipinski definition) is 2. The normalized spacial score (nSPS) is 10.3. The predicted molar refractivity (Wildman–Crippen MR) is 88.8 cm³/mol. The van der Waals surface area contributed by atoms with Gasteiger partial charge in [-0.2, -0.15) is 0 Å². The molecule has 0 bridgehead atoms. The Labute approximate surface area is 139 Å². The molecule has 0 saturated heterocycles. The van der Waals surface area contributed by atoms with E-state index in [0.717, 1.165) is 29.0 Å². The minimum atomic E-state index is -0.898. The van der Waals surface area contributed by atoms with Gasteiger partial charge in [-0.25, -0.2) is 8.78 Å². The van der Waals surface area contributed by atoms with Crippen LogP contribution in [0.5, 0.6) is 0 Å². The molecule has 126 valence electrons. The third-order valence-electron chi connectivity index (χ3n) is 3.53. The van der Waals surface area contributed by atoms with Crippen molar-refractivity contribution in [2.75, 3.05) is 16.8 Å². The van der Waals surface area contributed by atoms with E-state index < -0.39 is 23.4 Å². The quantitative estimate of drug-likeness (QED) is 0.911. The van der Waals surface area contributed by atoms with E-state index in [0.29, 0.717) is 11.8 Å². The van der Waals surface area contributed by atoms with Gasteiger partial charge in [0.1, 0.15) is 18.2 Å². The van der Waals surface area contributed by atoms with E-state index >= 15 is 0 Å². The van der Waals surface area contributed by atoms with Crippen molar-refractivity contribution in [3.8, 4) is 0 Å². The van der Waals surface area contributed by atoms with Gasteiger partial charge in [0.2, 0.25) is 11.8 Å². The Bertz CT molecular complexity index is 745. The first-order chi connectivity index (χ1) is 11.4. The van der Waals surface area contributed by atoms with Crippen LogP contribution in [-0.2, 0) is 16.0 Å². The minimum Gasteiger partial charge on any atom is -0.325 e. The average molecular weight is 332 g/mol. The summed E-state index contributed by atoms with van der Waals surface area (Å²) in [6.45, 7) is 2.87. The highest BCUT2D eigenvalue weighted by atomic mass is 19.1. The Hall–Kier alpha value is -2.76. The number of amides is 2. The molecule has 4 nitrogen and oxygen atoms in total. The lowest BCUT2D eigenvalue weighted by atomic mass is 10.1. The van der Waals surface area contributed by atoms with Gasteiger partial charge >= 0.3 is 0 Å². The maximum absolute atomic E-state index is 13.9. The van der Waals surface area contributed by atoms with E-state index in [4.69, 9.17) is 0 Å². The Morgan fingerprint density at radius 2 is 1.75 bits per heavy atom. The van der Waals surface area contributed by atoms with Gasteiger partial charge in [-0.3, -0.25) is 9.59 Å². The van der Waals surface area contributed by atoms with Crippen LogP contribution < -0.4 is 10.2 Å². The van der Waals surface area contributed by atoms with Crippen molar-refractivity contribution in [3.63, 3.8) is 0 Å². The highest BCUT2D eigenvalue weighted by molar-refractivity contribution is 6.01. The molecule has 0 aliphatic heterocycles. The van der Waals surface area contributed by atoms with Crippen molar-refractivity contribution in [2.24, 2.45) is 0 Å². The standard InChI is InChI=1S/C18H18F2N2O2/c1-3-13-4-7-15(8-5-13)21-18(24)11-22(12(2)23)17-9-6-14(19)10-16(17)20/h4-10H,3,11H2,1-2H3,(H,21,24). The van der Waals surface area contributed by atoms with E-state index in [-0.39, 0.29) is 12.2 Å². The topological polar surface area (TPSA) is 49.4 Å². The van der Waals surface area contributed by atoms with Crippen LogP contribution in [0.2, 0.25) is 0 Å². The first-order valence-corrected chi connectivity index (χ1v) is 7.52. The summed E-state index contributed by atoms with van der Waals surface area (Å²) >= 11 is 0. The summed E-state index contributed by atoms with van der Waals surface area (Å²) in [5.74, 6) is -2.64. The van der Waals surface area contributed by atoms with Gasteiger partial charge in [0.15, 0.2) is 0 Å². The number of halogens is 2. The number of benzene rings is 2. The molecule has 2 aromatic rings. The number of carbonyl (C=O) groups excluding carboxylic acids is 2. The summed E-state index contributed by atoms with van der Waals surface area (Å²) in [5, 5.41) is 2.65. The molecule has 6 heteroatoms. The predicted octanol–water partition coefficient (Wildman–Crippen LogP) is 3.52. The van der Waals surface area contributed by atoms with Crippen LogP contribution in [-0.4, -0.2) is 18.4 Å². The van der Waals surface area contributed by atoms with Crippen LogP contribution in [0.3, 0.4) is 0 Å². The van der Waals surface area contributed by atoms with Crippen LogP contribution in [0.25, 0.3) is 0 Å². The average Bonchev–Trinajstić information content (AvgIpc) is 2.54. The second kappa shape index (κ2) is 7.68. The maximum atomic E-state index is 13.9. The summed E-state index contributed by atoms with van der Waals surface area (Å²) < 4.78 is 26.9. The van der Waals surface area contributed by atoms with Crippen LogP contribution >= 0.6 is 0 Å². The minimum absolute atomic E-state index is 0.139. The fraction of sp³-hybridized carbons (Fsp3) is 0.222. The molecule has 1 N–H and O–H groups in total. The van der Waals surface area contributed by atoms with Crippen LogP contribution in [0.4, 0.5) is 20.2 Å². The van der Waals surface area contributed by atoms with Crippen molar-refractivity contribution in [1.29, 1.82) is 0 Å². The van der Waals surface area contributed by atoms with E-state index in [1.165, 1.54) is 6.92 Å². The van der Waals surface area contributed by atoms with E-state index in [9.17, 15) is 18.4 Å². The van der Waals surface area contributed by atoms with Gasteiger partial charge in [-0.05, 0) is 36.2 Å². The molecule has 2 amide bonds. The number of nitrogens with one attached hydrogen (secondary N) is 1. The number of nitrogens with zero attached hydrogens (tertiary/aromatic N) is 1. The molecule has 2 aromatic carbocycles. The molecule has 0 fully saturated rings. The Balaban J connectivity index is 2.12. The molecule has 0 heterocycles. The Morgan fingerprint density at radius 1 is 1.08 bits per heavy atom. The summed E-state index contributed by atoms with van der Waals surface area (Å²) in [5.41, 5.74) is 1.58. The molecule has 0 aromatic heterocycles. The molecular formula is C18H18F2N2O2. The molecule has 0 aliphatic rings. The third kappa shape index (κ3) is 4.38. The molecule has 0 atom stereocenters. The zero-order chi connectivity index (χ0) is 17.7. The highest BCUT2D eigenvalue weighted by Crippen LogP contribution is 2.20. The van der Waals surface area contributed by atoms with E-state index in [1.807, 2.05) is 19.1 Å². The zero-order valence-corrected chi connectivity index (χ0v) is 13.5. The van der Waals surface area contributed by atoms with Crippen LogP contribution in [0.1, 0.15) is 19.4 Å². The summed E-state index contributed by atoms with van der Waals surface area (Å²) in [7, 11) is 0. The van der Waals surface area contributed by atoms with Gasteiger partial charge in [0.25, 0.3) is 0 Å². The lowest BCUT2D eigenvalue weighted by Gasteiger charge is -2.21. The molecule has 24 heavy (non-hydrogen) atoms. The second-order valence-electron chi connectivity index (χ2n) is 5.30. The SMILES string of the molecule is CCc1ccc(NC(=O)CN(C(C)=O)c2ccc(F)cc2F)cc1. The van der Waals surface area contributed by atoms with Gasteiger partial charge in [-0.1, -0.05) is 19.1 Å². The fourth-order valence-electron chi connectivity index (χ4n) is 2.23. The van der Waals surface area contributed by atoms with Gasteiger partial charge in [0.05, 0.1) is 5.69 Å². The highest BCUT2D eigenvalue weighted by Gasteiger charge is 2.19. The monoisotopic (exact) mass is 332 g/mol.